The Labute approximate surface area is 201 Å². The molecule has 2 unspecified atom stereocenters. The number of fused-ring (bicyclic) bond motifs is 1. The van der Waals surface area contributed by atoms with E-state index in [9.17, 15) is 24.3 Å². The van der Waals surface area contributed by atoms with Crippen LogP contribution in [-0.2, 0) is 33.5 Å². The number of amides is 2. The van der Waals surface area contributed by atoms with Gasteiger partial charge in [-0.25, -0.2) is 14.6 Å². The Morgan fingerprint density at radius 3 is 2.74 bits per heavy atom. The lowest BCUT2D eigenvalue weighted by atomic mass is 9.99. The van der Waals surface area contributed by atoms with Crippen LogP contribution in [0.4, 0.5) is 5.13 Å². The van der Waals surface area contributed by atoms with Crippen molar-refractivity contribution in [3.05, 3.63) is 22.3 Å². The van der Waals surface area contributed by atoms with E-state index in [2.05, 4.69) is 15.5 Å². The summed E-state index contributed by atoms with van der Waals surface area (Å²) in [6.45, 7) is 0. The number of hydrogen-bond acceptors (Lipinski definition) is 12. The summed E-state index contributed by atoms with van der Waals surface area (Å²) in [5.74, 6) is -2.86. The van der Waals surface area contributed by atoms with E-state index < -0.39 is 47.4 Å². The fourth-order valence-corrected chi connectivity index (χ4v) is 5.95. The molecular formula is C19H21N5O8S2. The van der Waals surface area contributed by atoms with Crippen molar-refractivity contribution >= 4 is 57.7 Å². The number of nitrogens with two attached hydrogens (primary N) is 1. The van der Waals surface area contributed by atoms with Crippen LogP contribution >= 0.6 is 23.1 Å². The van der Waals surface area contributed by atoms with Crippen LogP contribution in [0.25, 0.3) is 0 Å². The van der Waals surface area contributed by atoms with Crippen molar-refractivity contribution in [1.82, 2.24) is 15.2 Å². The fraction of sp³-hybridized carbons (Fsp3) is 0.474. The third-order valence-corrected chi connectivity index (χ3v) is 7.50. The van der Waals surface area contributed by atoms with Gasteiger partial charge in [-0.05, 0) is 18.4 Å². The molecule has 0 spiro atoms. The zero-order valence-electron chi connectivity index (χ0n) is 18.0. The average Bonchev–Trinajstić information content (AvgIpc) is 3.48. The highest BCUT2D eigenvalue weighted by molar-refractivity contribution is 8.00. The van der Waals surface area contributed by atoms with Gasteiger partial charge in [0.2, 0.25) is 0 Å². The normalized spacial score (nSPS) is 26.6. The van der Waals surface area contributed by atoms with Crippen LogP contribution in [0.5, 0.6) is 0 Å². The lowest BCUT2D eigenvalue weighted by molar-refractivity contribution is -0.153. The number of carbonyl (C=O) groups is 4. The minimum absolute atomic E-state index is 0.162. The molecule has 4 N–H and O–H groups in total. The zero-order valence-corrected chi connectivity index (χ0v) is 19.7. The van der Waals surface area contributed by atoms with Crippen molar-refractivity contribution in [2.75, 3.05) is 25.7 Å². The first-order chi connectivity index (χ1) is 16.3. The number of carboxylic acids is 1. The highest BCUT2D eigenvalue weighted by atomic mass is 32.2. The molecule has 2 amide bonds. The van der Waals surface area contributed by atoms with Crippen LogP contribution in [0.1, 0.15) is 18.5 Å². The largest absolute Gasteiger partial charge is 0.477 e. The summed E-state index contributed by atoms with van der Waals surface area (Å²) in [5.41, 5.74) is 5.88. The van der Waals surface area contributed by atoms with E-state index in [-0.39, 0.29) is 28.0 Å². The van der Waals surface area contributed by atoms with Gasteiger partial charge in [-0.1, -0.05) is 5.16 Å². The number of thiazole rings is 1. The summed E-state index contributed by atoms with van der Waals surface area (Å²) in [6.07, 6.45) is -0.595. The number of esters is 1. The summed E-state index contributed by atoms with van der Waals surface area (Å²) in [6, 6.07) is -0.973. The van der Waals surface area contributed by atoms with Gasteiger partial charge in [0.25, 0.3) is 11.8 Å². The second-order valence-corrected chi connectivity index (χ2v) is 9.44. The quantitative estimate of drug-likeness (QED) is 0.186. The zero-order chi connectivity index (χ0) is 24.6. The number of hydrogen-bond donors (Lipinski definition) is 3. The highest BCUT2D eigenvalue weighted by Gasteiger charge is 2.55. The number of nitrogen functional groups attached to an aromatic ring is 1. The Morgan fingerprint density at radius 1 is 1.35 bits per heavy atom. The number of aromatic nitrogens is 1. The van der Waals surface area contributed by atoms with E-state index in [1.54, 1.807) is 0 Å². The predicted molar refractivity (Wildman–Crippen MR) is 120 cm³/mol. The lowest BCUT2D eigenvalue weighted by Gasteiger charge is -2.49. The first-order valence-electron chi connectivity index (χ1n) is 10.0. The maximum Gasteiger partial charge on any atom is 0.352 e. The van der Waals surface area contributed by atoms with Crippen molar-refractivity contribution in [3.8, 4) is 0 Å². The van der Waals surface area contributed by atoms with Gasteiger partial charge in [-0.3, -0.25) is 14.5 Å². The van der Waals surface area contributed by atoms with Crippen molar-refractivity contribution in [2.45, 2.75) is 36.5 Å². The van der Waals surface area contributed by atoms with E-state index in [0.717, 1.165) is 16.2 Å². The molecule has 0 radical (unpaired) electrons. The maximum absolute atomic E-state index is 12.9. The first-order valence-corrected chi connectivity index (χ1v) is 12.0. The second kappa shape index (κ2) is 9.60. The van der Waals surface area contributed by atoms with Gasteiger partial charge < -0.3 is 30.5 Å². The molecule has 34 heavy (non-hydrogen) atoms. The van der Waals surface area contributed by atoms with E-state index in [1.807, 2.05) is 0 Å². The summed E-state index contributed by atoms with van der Waals surface area (Å²) < 4.78 is 10.4. The topological polar surface area (TPSA) is 183 Å². The second-order valence-electron chi connectivity index (χ2n) is 7.45. The van der Waals surface area contributed by atoms with Gasteiger partial charge in [0.1, 0.15) is 29.9 Å². The van der Waals surface area contributed by atoms with Crippen molar-refractivity contribution in [3.63, 3.8) is 0 Å². The van der Waals surface area contributed by atoms with Gasteiger partial charge >= 0.3 is 11.9 Å². The summed E-state index contributed by atoms with van der Waals surface area (Å²) in [5, 5.41) is 17.3. The maximum atomic E-state index is 12.9. The van der Waals surface area contributed by atoms with Crippen molar-refractivity contribution < 1.29 is 38.6 Å². The Bertz CT molecular complexity index is 1100. The Morgan fingerprint density at radius 2 is 2.12 bits per heavy atom. The molecule has 2 saturated heterocycles. The molecule has 3 aliphatic rings. The molecule has 0 saturated carbocycles. The number of thioether (sulfide) groups is 1. The number of nitrogens with zero attached hydrogens (tertiary/aromatic N) is 3. The fourth-order valence-electron chi connectivity index (χ4n) is 3.99. The van der Waals surface area contributed by atoms with E-state index >= 15 is 0 Å². The molecule has 4 rings (SSSR count). The molecule has 4 heterocycles. The van der Waals surface area contributed by atoms with Crippen LogP contribution in [-0.4, -0.2) is 88.1 Å². The number of β-lactam (4-membered cyclic amide) rings is 1. The minimum atomic E-state index is -1.29. The van der Waals surface area contributed by atoms with Gasteiger partial charge in [0.05, 0.1) is 13.2 Å². The minimum Gasteiger partial charge on any atom is -0.477 e. The third-order valence-electron chi connectivity index (χ3n) is 5.52. The van der Waals surface area contributed by atoms with Gasteiger partial charge in [-0.15, -0.1) is 23.1 Å². The predicted octanol–water partition coefficient (Wildman–Crippen LogP) is -0.465. The van der Waals surface area contributed by atoms with E-state index in [0.29, 0.717) is 18.4 Å². The summed E-state index contributed by atoms with van der Waals surface area (Å²) in [4.78, 5) is 59.5. The van der Waals surface area contributed by atoms with Gasteiger partial charge in [0, 0.05) is 11.1 Å². The summed E-state index contributed by atoms with van der Waals surface area (Å²) in [7, 11) is 2.51. The number of anilines is 1. The Hall–Kier alpha value is -3.17. The highest BCUT2D eigenvalue weighted by Crippen LogP contribution is 2.43. The molecule has 182 valence electrons. The van der Waals surface area contributed by atoms with E-state index in [1.165, 1.54) is 31.4 Å². The molecule has 3 aliphatic heterocycles. The number of nitrogens with one attached hydrogen (secondary N) is 1. The molecule has 13 nitrogen and oxygen atoms in total. The van der Waals surface area contributed by atoms with Gasteiger partial charge in [-0.2, -0.15) is 0 Å². The molecule has 15 heteroatoms. The number of carboxylic acid groups (broad SMARTS) is 1. The number of oxime groups is 1. The molecular weight excluding hydrogens is 490 g/mol. The lowest BCUT2D eigenvalue weighted by Crippen LogP contribution is -2.71. The number of methoxy groups -OCH3 is 1. The Kier molecular flexibility index (Phi) is 6.77. The smallest absolute Gasteiger partial charge is 0.352 e. The number of aliphatic carboxylic acids is 1. The number of ether oxygens (including phenoxy) is 2. The van der Waals surface area contributed by atoms with Crippen molar-refractivity contribution in [2.24, 2.45) is 5.16 Å². The van der Waals surface area contributed by atoms with Crippen LogP contribution in [0.2, 0.25) is 0 Å². The van der Waals surface area contributed by atoms with Gasteiger partial charge in [0.15, 0.2) is 16.9 Å². The average molecular weight is 512 g/mol. The van der Waals surface area contributed by atoms with Crippen molar-refractivity contribution in [1.29, 1.82) is 0 Å². The molecule has 0 bridgehead atoms. The first kappa shape index (κ1) is 24.0. The summed E-state index contributed by atoms with van der Waals surface area (Å²) >= 11 is 2.40. The van der Waals surface area contributed by atoms with Crippen LogP contribution in [0, 0.1) is 0 Å². The molecule has 4 atom stereocenters. The monoisotopic (exact) mass is 511 g/mol. The molecule has 0 aromatic carbocycles. The molecule has 1 aromatic heterocycles. The Balaban J connectivity index is 1.51. The molecule has 2 fully saturated rings. The molecule has 1 aromatic rings. The third kappa shape index (κ3) is 4.21. The molecule has 0 aliphatic carbocycles. The number of carbonyl (C=O) groups excluding carboxylic acids is 3. The standard InChI is InChI=1S/C19H21N5O8S2/c1-30-18(29)10-4-3-9(32-10)7-5-33-16-12(15(26)24(16)13(7)17(27)28)22-14(25)11(23-31-2)8-6-34-19(20)21-8/h6,9-10,12,16H,3-5H2,1-2H3,(H2,20,21)(H,22,25)(H,27,28)/t9?,10?,12-,16-/m1/s1. The van der Waals surface area contributed by atoms with Crippen LogP contribution in [0.15, 0.2) is 21.8 Å². The van der Waals surface area contributed by atoms with Crippen LogP contribution < -0.4 is 11.1 Å². The van der Waals surface area contributed by atoms with Crippen LogP contribution in [0.3, 0.4) is 0 Å². The SMILES string of the molecule is CON=C(C(=O)N[C@@H]1C(=O)N2C(C(=O)O)=C(C3CCC(C(=O)OC)O3)CS[C@H]12)c1csc(N)n1. The van der Waals surface area contributed by atoms with E-state index in [4.69, 9.17) is 20.0 Å². The number of rotatable bonds is 7.